The zero-order valence-electron chi connectivity index (χ0n) is 10.6. The molecule has 0 amide bonds. The van der Waals surface area contributed by atoms with Crippen LogP contribution in [0.3, 0.4) is 0 Å². The first kappa shape index (κ1) is 14.0. The number of ether oxygens (including phenoxy) is 1. The summed E-state index contributed by atoms with van der Waals surface area (Å²) in [6.45, 7) is 3.40. The smallest absolute Gasteiger partial charge is 0.338 e. The van der Waals surface area contributed by atoms with Crippen molar-refractivity contribution in [3.63, 3.8) is 0 Å². The minimum atomic E-state index is -1.44. The molecule has 1 N–H and O–H groups in total. The van der Waals surface area contributed by atoms with Crippen LogP contribution in [0.2, 0.25) is 0 Å². The topological polar surface area (TPSA) is 66.8 Å². The maximum absolute atomic E-state index is 11.8. The number of rotatable bonds is 6. The molecule has 1 atom stereocenters. The first-order valence-electron chi connectivity index (χ1n) is 6.16. The van der Waals surface area contributed by atoms with E-state index in [0.717, 1.165) is 25.7 Å². The molecule has 5 nitrogen and oxygen atoms in total. The van der Waals surface area contributed by atoms with Crippen LogP contribution in [0.4, 0.5) is 0 Å². The van der Waals surface area contributed by atoms with Gasteiger partial charge in [-0.2, -0.15) is 0 Å². The molecule has 0 radical (unpaired) electrons. The van der Waals surface area contributed by atoms with Gasteiger partial charge in [0.25, 0.3) is 0 Å². The third-order valence-electron chi connectivity index (χ3n) is 3.41. The lowest BCUT2D eigenvalue weighted by molar-refractivity contribution is -0.167. The monoisotopic (exact) mass is 243 g/mol. The van der Waals surface area contributed by atoms with E-state index in [-0.39, 0.29) is 0 Å². The van der Waals surface area contributed by atoms with Crippen LogP contribution >= 0.6 is 0 Å². The second kappa shape index (κ2) is 6.00. The van der Waals surface area contributed by atoms with E-state index in [1.54, 1.807) is 4.90 Å². The van der Waals surface area contributed by atoms with Crippen LogP contribution in [0.15, 0.2) is 0 Å². The molecule has 0 aromatic rings. The van der Waals surface area contributed by atoms with Gasteiger partial charge >= 0.3 is 11.9 Å². The number of carboxylic acid groups (broad SMARTS) is 1. The van der Waals surface area contributed by atoms with Gasteiger partial charge in [0.05, 0.1) is 7.11 Å². The predicted molar refractivity (Wildman–Crippen MR) is 62.7 cm³/mol. The van der Waals surface area contributed by atoms with E-state index < -0.39 is 17.5 Å². The molecule has 0 bridgehead atoms. The molecule has 1 heterocycles. The molecule has 1 saturated heterocycles. The molecule has 5 heteroatoms. The lowest BCUT2D eigenvalue weighted by atomic mass is 9.96. The minimum absolute atomic E-state index is 0.348. The first-order chi connectivity index (χ1) is 8.09. The van der Waals surface area contributed by atoms with Crippen molar-refractivity contribution in [2.24, 2.45) is 0 Å². The lowest BCUT2D eigenvalue weighted by Gasteiger charge is -2.31. The Morgan fingerprint density at radius 2 is 2.12 bits per heavy atom. The van der Waals surface area contributed by atoms with Crippen LogP contribution in [0, 0.1) is 0 Å². The summed E-state index contributed by atoms with van der Waals surface area (Å²) in [5, 5.41) is 9.35. The average Bonchev–Trinajstić information content (AvgIpc) is 2.73. The molecule has 17 heavy (non-hydrogen) atoms. The van der Waals surface area contributed by atoms with Crippen molar-refractivity contribution in [2.45, 2.75) is 44.6 Å². The number of aliphatic carboxylic acids is 1. The Balaban J connectivity index is 2.80. The molecule has 1 unspecified atom stereocenters. The van der Waals surface area contributed by atoms with Gasteiger partial charge in [-0.1, -0.05) is 19.8 Å². The van der Waals surface area contributed by atoms with Crippen molar-refractivity contribution < 1.29 is 19.4 Å². The van der Waals surface area contributed by atoms with E-state index in [4.69, 9.17) is 0 Å². The van der Waals surface area contributed by atoms with E-state index in [1.807, 2.05) is 0 Å². The third-order valence-corrected chi connectivity index (χ3v) is 3.41. The molecule has 98 valence electrons. The summed E-state index contributed by atoms with van der Waals surface area (Å²) in [5.41, 5.74) is -1.44. The molecule has 0 spiro atoms. The summed E-state index contributed by atoms with van der Waals surface area (Å²) in [6, 6.07) is 0. The van der Waals surface area contributed by atoms with Crippen molar-refractivity contribution in [3.05, 3.63) is 0 Å². The Kier molecular flexibility index (Phi) is 4.93. The summed E-state index contributed by atoms with van der Waals surface area (Å²) in [6.07, 6.45) is 4.12. The molecule has 0 saturated carbocycles. The summed E-state index contributed by atoms with van der Waals surface area (Å²) < 4.78 is 4.67. The Morgan fingerprint density at radius 3 is 2.65 bits per heavy atom. The van der Waals surface area contributed by atoms with Gasteiger partial charge in [0.2, 0.25) is 5.54 Å². The fourth-order valence-electron chi connectivity index (χ4n) is 2.46. The molecule has 1 aliphatic heterocycles. The van der Waals surface area contributed by atoms with E-state index >= 15 is 0 Å². The van der Waals surface area contributed by atoms with Gasteiger partial charge in [-0.15, -0.1) is 0 Å². The van der Waals surface area contributed by atoms with Gasteiger partial charge in [0.15, 0.2) is 0 Å². The Labute approximate surface area is 102 Å². The Hall–Kier alpha value is -1.10. The first-order valence-corrected chi connectivity index (χ1v) is 6.16. The molecular weight excluding hydrogens is 222 g/mol. The molecule has 1 rings (SSSR count). The number of esters is 1. The number of hydrogen-bond donors (Lipinski definition) is 1. The number of carboxylic acids is 1. The van der Waals surface area contributed by atoms with Gasteiger partial charge < -0.3 is 9.84 Å². The number of unbranched alkanes of at least 4 members (excludes halogenated alkanes) is 2. The second-order valence-electron chi connectivity index (χ2n) is 4.45. The SMILES string of the molecule is CCCCCN1CCCC1(C(=O)O)C(=O)OC. The number of carbonyl (C=O) groups is 2. The Bertz CT molecular complexity index is 292. The summed E-state index contributed by atoms with van der Waals surface area (Å²) in [5.74, 6) is -1.72. The number of likely N-dealkylation sites (tertiary alicyclic amines) is 1. The van der Waals surface area contributed by atoms with Crippen LogP contribution < -0.4 is 0 Å². The van der Waals surface area contributed by atoms with E-state index in [2.05, 4.69) is 11.7 Å². The quantitative estimate of drug-likeness (QED) is 0.432. The highest BCUT2D eigenvalue weighted by Crippen LogP contribution is 2.31. The van der Waals surface area contributed by atoms with Crippen molar-refractivity contribution in [2.75, 3.05) is 20.2 Å². The van der Waals surface area contributed by atoms with E-state index in [9.17, 15) is 14.7 Å². The molecule has 0 aromatic heterocycles. The van der Waals surface area contributed by atoms with Crippen LogP contribution in [0.1, 0.15) is 39.0 Å². The maximum Gasteiger partial charge on any atom is 0.338 e. The van der Waals surface area contributed by atoms with Gasteiger partial charge in [-0.25, -0.2) is 9.59 Å². The van der Waals surface area contributed by atoms with Gasteiger partial charge in [0.1, 0.15) is 0 Å². The highest BCUT2D eigenvalue weighted by Gasteiger charge is 2.54. The van der Waals surface area contributed by atoms with Crippen molar-refractivity contribution >= 4 is 11.9 Å². The zero-order valence-corrected chi connectivity index (χ0v) is 10.6. The fraction of sp³-hybridized carbons (Fsp3) is 0.833. The van der Waals surface area contributed by atoms with Gasteiger partial charge in [0, 0.05) is 0 Å². The van der Waals surface area contributed by atoms with Crippen molar-refractivity contribution in [3.8, 4) is 0 Å². The van der Waals surface area contributed by atoms with Crippen LogP contribution in [0.5, 0.6) is 0 Å². The molecular formula is C12H21NO4. The van der Waals surface area contributed by atoms with E-state index in [0.29, 0.717) is 19.5 Å². The van der Waals surface area contributed by atoms with Crippen LogP contribution in [-0.4, -0.2) is 47.7 Å². The summed E-state index contributed by atoms with van der Waals surface area (Å²) in [7, 11) is 1.25. The second-order valence-corrected chi connectivity index (χ2v) is 4.45. The highest BCUT2D eigenvalue weighted by molar-refractivity contribution is 6.04. The highest BCUT2D eigenvalue weighted by atomic mass is 16.5. The average molecular weight is 243 g/mol. The largest absolute Gasteiger partial charge is 0.479 e. The molecule has 1 fully saturated rings. The number of nitrogens with zero attached hydrogens (tertiary/aromatic N) is 1. The lowest BCUT2D eigenvalue weighted by Crippen LogP contribution is -2.57. The Morgan fingerprint density at radius 1 is 1.41 bits per heavy atom. The maximum atomic E-state index is 11.8. The van der Waals surface area contributed by atoms with Crippen LogP contribution in [0.25, 0.3) is 0 Å². The molecule has 1 aliphatic rings. The minimum Gasteiger partial charge on any atom is -0.479 e. The fourth-order valence-corrected chi connectivity index (χ4v) is 2.46. The predicted octanol–water partition coefficient (Wildman–Crippen LogP) is 1.27. The molecule has 0 aromatic carbocycles. The van der Waals surface area contributed by atoms with Crippen molar-refractivity contribution in [1.82, 2.24) is 4.90 Å². The standard InChI is InChI=1S/C12H21NO4/c1-3-4-5-8-13-9-6-7-12(13,10(14)15)11(16)17-2/h3-9H2,1-2H3,(H,14,15). The number of methoxy groups -OCH3 is 1. The molecule has 0 aliphatic carbocycles. The van der Waals surface area contributed by atoms with E-state index in [1.165, 1.54) is 7.11 Å². The van der Waals surface area contributed by atoms with Gasteiger partial charge in [-0.3, -0.25) is 4.90 Å². The zero-order chi connectivity index (χ0) is 12.9. The van der Waals surface area contributed by atoms with Gasteiger partial charge in [-0.05, 0) is 32.4 Å². The van der Waals surface area contributed by atoms with Crippen molar-refractivity contribution in [1.29, 1.82) is 0 Å². The number of carbonyl (C=O) groups excluding carboxylic acids is 1. The number of hydrogen-bond acceptors (Lipinski definition) is 4. The normalized spacial score (nSPS) is 24.8. The summed E-state index contributed by atoms with van der Waals surface area (Å²) in [4.78, 5) is 25.0. The van der Waals surface area contributed by atoms with Crippen LogP contribution in [-0.2, 0) is 14.3 Å². The third kappa shape index (κ3) is 2.60. The summed E-state index contributed by atoms with van der Waals surface area (Å²) >= 11 is 0.